The van der Waals surface area contributed by atoms with Gasteiger partial charge in [-0.3, -0.25) is 0 Å². The molecule has 3 N–H and O–H groups in total. The lowest BCUT2D eigenvalue weighted by Crippen LogP contribution is -2.16. The van der Waals surface area contributed by atoms with Crippen LogP contribution < -0.4 is 5.73 Å². The molecule has 0 aliphatic carbocycles. The van der Waals surface area contributed by atoms with Crippen molar-refractivity contribution in [3.63, 3.8) is 0 Å². The molecule has 0 spiro atoms. The van der Waals surface area contributed by atoms with Crippen LogP contribution in [0.25, 0.3) is 0 Å². The molecule has 0 radical (unpaired) electrons. The molecule has 0 aromatic carbocycles. The van der Waals surface area contributed by atoms with E-state index >= 15 is 0 Å². The summed E-state index contributed by atoms with van der Waals surface area (Å²) in [6, 6.07) is -0.330. The van der Waals surface area contributed by atoms with Gasteiger partial charge in [0, 0.05) is 24.5 Å². The number of hydrogen-bond donors (Lipinski definition) is 2. The van der Waals surface area contributed by atoms with Crippen molar-refractivity contribution in [2.45, 2.75) is 24.8 Å². The molecule has 0 bridgehead atoms. The summed E-state index contributed by atoms with van der Waals surface area (Å²) in [4.78, 5) is 4.48. The molecule has 0 saturated carbocycles. The van der Waals surface area contributed by atoms with Gasteiger partial charge in [0.05, 0.1) is 18.3 Å². The largest absolute Gasteiger partial charge is 0.394 e. The molecular weight excluding hydrogens is 212 g/mol. The molecule has 2 heterocycles. The molecule has 84 valence electrons. The molecule has 1 atom stereocenters. The third-order valence-corrected chi connectivity index (χ3v) is 3.69. The van der Waals surface area contributed by atoms with Gasteiger partial charge in [-0.2, -0.15) is 0 Å². The number of aromatic nitrogens is 1. The normalized spacial score (nSPS) is 20.4. The fourth-order valence-corrected chi connectivity index (χ4v) is 2.62. The zero-order valence-electron chi connectivity index (χ0n) is 8.56. The van der Waals surface area contributed by atoms with E-state index in [-0.39, 0.29) is 12.6 Å². The average Bonchev–Trinajstić information content (AvgIpc) is 2.78. The summed E-state index contributed by atoms with van der Waals surface area (Å²) in [5.41, 5.74) is 6.82. The fraction of sp³-hybridized carbons (Fsp3) is 0.700. The molecule has 1 unspecified atom stereocenters. The van der Waals surface area contributed by atoms with Crippen molar-refractivity contribution in [2.24, 2.45) is 5.73 Å². The quantitative estimate of drug-likeness (QED) is 0.810. The molecule has 4 nitrogen and oxygen atoms in total. The Kier molecular flexibility index (Phi) is 3.69. The highest BCUT2D eigenvalue weighted by atomic mass is 32.1. The lowest BCUT2D eigenvalue weighted by molar-refractivity contribution is 0.0846. The minimum atomic E-state index is -0.330. The Balaban J connectivity index is 2.05. The van der Waals surface area contributed by atoms with Gasteiger partial charge < -0.3 is 15.6 Å². The smallest absolute Gasteiger partial charge is 0.112 e. The second kappa shape index (κ2) is 5.03. The highest BCUT2D eigenvalue weighted by Gasteiger charge is 2.19. The molecular formula is C10H16N2O2S. The predicted octanol–water partition coefficient (Wildman–Crippen LogP) is 1.03. The lowest BCUT2D eigenvalue weighted by Gasteiger charge is -2.20. The zero-order valence-corrected chi connectivity index (χ0v) is 9.37. The van der Waals surface area contributed by atoms with Crippen LogP contribution in [0, 0.1) is 0 Å². The first kappa shape index (κ1) is 11.0. The Hall–Kier alpha value is -0.490. The van der Waals surface area contributed by atoms with E-state index in [0.29, 0.717) is 5.92 Å². The van der Waals surface area contributed by atoms with Crippen LogP contribution in [0.4, 0.5) is 0 Å². The number of aliphatic hydroxyl groups is 1. The SMILES string of the molecule is NC(CO)c1nc(C2CCOCC2)cs1. The Morgan fingerprint density at radius 3 is 3.00 bits per heavy atom. The number of rotatable bonds is 3. The first-order valence-electron chi connectivity index (χ1n) is 5.20. The van der Waals surface area contributed by atoms with Crippen LogP contribution >= 0.6 is 11.3 Å². The molecule has 15 heavy (non-hydrogen) atoms. The summed E-state index contributed by atoms with van der Waals surface area (Å²) >= 11 is 1.54. The summed E-state index contributed by atoms with van der Waals surface area (Å²) in [5.74, 6) is 0.509. The van der Waals surface area contributed by atoms with E-state index in [1.165, 1.54) is 11.3 Å². The predicted molar refractivity (Wildman–Crippen MR) is 58.9 cm³/mol. The van der Waals surface area contributed by atoms with E-state index in [0.717, 1.165) is 36.8 Å². The molecule has 1 aliphatic heterocycles. The molecule has 0 amide bonds. The summed E-state index contributed by atoms with van der Waals surface area (Å²) in [6.07, 6.45) is 2.08. The van der Waals surface area contributed by atoms with Gasteiger partial charge in [0.2, 0.25) is 0 Å². The third-order valence-electron chi connectivity index (χ3n) is 2.69. The van der Waals surface area contributed by atoms with Crippen LogP contribution in [0.5, 0.6) is 0 Å². The second-order valence-corrected chi connectivity index (χ2v) is 4.68. The Morgan fingerprint density at radius 2 is 2.33 bits per heavy atom. The minimum Gasteiger partial charge on any atom is -0.394 e. The number of thiazole rings is 1. The van der Waals surface area contributed by atoms with Crippen LogP contribution in [0.1, 0.15) is 35.5 Å². The fourth-order valence-electron chi connectivity index (χ4n) is 1.73. The Bertz CT molecular complexity index is 310. The van der Waals surface area contributed by atoms with E-state index in [1.807, 2.05) is 0 Å². The van der Waals surface area contributed by atoms with Gasteiger partial charge >= 0.3 is 0 Å². The first-order chi connectivity index (χ1) is 7.31. The van der Waals surface area contributed by atoms with Crippen molar-refractivity contribution in [1.82, 2.24) is 4.98 Å². The number of aliphatic hydroxyl groups excluding tert-OH is 1. The maximum Gasteiger partial charge on any atom is 0.112 e. The summed E-state index contributed by atoms with van der Waals surface area (Å²) in [6.45, 7) is 1.61. The summed E-state index contributed by atoms with van der Waals surface area (Å²) < 4.78 is 5.31. The average molecular weight is 228 g/mol. The van der Waals surface area contributed by atoms with Gasteiger partial charge in [0.15, 0.2) is 0 Å². The van der Waals surface area contributed by atoms with Crippen molar-refractivity contribution in [3.05, 3.63) is 16.1 Å². The van der Waals surface area contributed by atoms with E-state index in [9.17, 15) is 0 Å². The molecule has 1 fully saturated rings. The van der Waals surface area contributed by atoms with Crippen molar-refractivity contribution >= 4 is 11.3 Å². The van der Waals surface area contributed by atoms with Gasteiger partial charge in [0.25, 0.3) is 0 Å². The van der Waals surface area contributed by atoms with Gasteiger partial charge in [-0.25, -0.2) is 4.98 Å². The van der Waals surface area contributed by atoms with Crippen molar-refractivity contribution in [1.29, 1.82) is 0 Å². The van der Waals surface area contributed by atoms with Gasteiger partial charge in [-0.1, -0.05) is 0 Å². The number of ether oxygens (including phenoxy) is 1. The number of nitrogens with zero attached hydrogens (tertiary/aromatic N) is 1. The van der Waals surface area contributed by atoms with Gasteiger partial charge in [0.1, 0.15) is 5.01 Å². The van der Waals surface area contributed by atoms with Crippen molar-refractivity contribution < 1.29 is 9.84 Å². The van der Waals surface area contributed by atoms with Crippen molar-refractivity contribution in [3.8, 4) is 0 Å². The van der Waals surface area contributed by atoms with Crippen LogP contribution in [0.3, 0.4) is 0 Å². The maximum atomic E-state index is 8.93. The second-order valence-electron chi connectivity index (χ2n) is 3.79. The standard InChI is InChI=1S/C10H16N2O2S/c11-8(5-13)10-12-9(6-15-10)7-1-3-14-4-2-7/h6-8,13H,1-5,11H2. The van der Waals surface area contributed by atoms with Gasteiger partial charge in [-0.05, 0) is 12.8 Å². The molecule has 1 aliphatic rings. The van der Waals surface area contributed by atoms with E-state index in [1.54, 1.807) is 0 Å². The molecule has 1 aromatic rings. The highest BCUT2D eigenvalue weighted by Crippen LogP contribution is 2.29. The topological polar surface area (TPSA) is 68.4 Å². The molecule has 1 aromatic heterocycles. The van der Waals surface area contributed by atoms with E-state index < -0.39 is 0 Å². The van der Waals surface area contributed by atoms with Crippen molar-refractivity contribution in [2.75, 3.05) is 19.8 Å². The summed E-state index contributed by atoms with van der Waals surface area (Å²) in [7, 11) is 0. The molecule has 5 heteroatoms. The highest BCUT2D eigenvalue weighted by molar-refractivity contribution is 7.09. The monoisotopic (exact) mass is 228 g/mol. The lowest BCUT2D eigenvalue weighted by atomic mass is 9.97. The van der Waals surface area contributed by atoms with E-state index in [2.05, 4.69) is 10.4 Å². The minimum absolute atomic E-state index is 0.0409. The number of hydrogen-bond acceptors (Lipinski definition) is 5. The number of nitrogens with two attached hydrogens (primary N) is 1. The van der Waals surface area contributed by atoms with Crippen LogP contribution in [-0.4, -0.2) is 29.9 Å². The van der Waals surface area contributed by atoms with Gasteiger partial charge in [-0.15, -0.1) is 11.3 Å². The zero-order chi connectivity index (χ0) is 10.7. The Labute approximate surface area is 93.1 Å². The molecule has 2 rings (SSSR count). The van der Waals surface area contributed by atoms with Crippen LogP contribution in [0.15, 0.2) is 5.38 Å². The maximum absolute atomic E-state index is 8.93. The Morgan fingerprint density at radius 1 is 1.60 bits per heavy atom. The summed E-state index contributed by atoms with van der Waals surface area (Å²) in [5, 5.41) is 11.8. The van der Waals surface area contributed by atoms with Crippen LogP contribution in [0.2, 0.25) is 0 Å². The van der Waals surface area contributed by atoms with Crippen LogP contribution in [-0.2, 0) is 4.74 Å². The first-order valence-corrected chi connectivity index (χ1v) is 6.08. The molecule has 1 saturated heterocycles. The van der Waals surface area contributed by atoms with E-state index in [4.69, 9.17) is 15.6 Å². The third kappa shape index (κ3) is 2.55.